The average Bonchev–Trinajstić information content (AvgIpc) is 2.43. The van der Waals surface area contributed by atoms with Crippen molar-refractivity contribution in [2.45, 2.75) is 32.4 Å². The third kappa shape index (κ3) is 7.99. The van der Waals surface area contributed by atoms with E-state index in [0.717, 1.165) is 10.5 Å². The molecule has 2 N–H and O–H groups in total. The fraction of sp³-hybridized carbons (Fsp3) is 0.562. The highest BCUT2D eigenvalue weighted by molar-refractivity contribution is 5.92. The zero-order valence-corrected chi connectivity index (χ0v) is 13.4. The van der Waals surface area contributed by atoms with Crippen LogP contribution >= 0.6 is 0 Å². The van der Waals surface area contributed by atoms with Gasteiger partial charge in [0.25, 0.3) is 0 Å². The van der Waals surface area contributed by atoms with Crippen molar-refractivity contribution in [3.8, 4) is 0 Å². The van der Waals surface area contributed by atoms with Crippen molar-refractivity contribution >= 4 is 11.6 Å². The van der Waals surface area contributed by atoms with Gasteiger partial charge in [0.15, 0.2) is 0 Å². The van der Waals surface area contributed by atoms with Crippen molar-refractivity contribution in [2.24, 2.45) is 0 Å². The van der Waals surface area contributed by atoms with Gasteiger partial charge in [0, 0.05) is 18.8 Å². The molecule has 4 nitrogen and oxygen atoms in total. The van der Waals surface area contributed by atoms with Crippen molar-refractivity contribution in [3.05, 3.63) is 29.8 Å². The van der Waals surface area contributed by atoms with Crippen LogP contribution in [0.2, 0.25) is 0 Å². The number of hydrogen-bond donors (Lipinski definition) is 2. The molecule has 0 unspecified atom stereocenters. The molecule has 7 heteroatoms. The third-order valence-electron chi connectivity index (χ3n) is 3.24. The molecule has 0 saturated heterocycles. The lowest BCUT2D eigenvalue weighted by atomic mass is 10.0. The van der Waals surface area contributed by atoms with Gasteiger partial charge in [0.05, 0.1) is 13.1 Å². The van der Waals surface area contributed by atoms with Crippen LogP contribution in [0, 0.1) is 0 Å². The van der Waals surface area contributed by atoms with E-state index in [9.17, 15) is 18.0 Å². The lowest BCUT2D eigenvalue weighted by Gasteiger charge is -2.22. The monoisotopic (exact) mass is 332 g/mol. The summed E-state index contributed by atoms with van der Waals surface area (Å²) in [5.74, 6) is -0.216. The molecule has 0 aliphatic rings. The lowest BCUT2D eigenvalue weighted by Crippen LogP contribution is -2.40. The summed E-state index contributed by atoms with van der Waals surface area (Å²) in [6, 6.07) is 7.23. The molecule has 0 fully saturated rings. The average molecular weight is 332 g/mol. The molecule has 0 aliphatic heterocycles. The topological polar surface area (TPSA) is 52.6 Å². The smallest absolute Gasteiger partial charge is 0.396 e. The molecule has 130 valence electrons. The van der Waals surface area contributed by atoms with Gasteiger partial charge in [0.2, 0.25) is 5.91 Å². The van der Waals surface area contributed by atoms with Gasteiger partial charge in [-0.2, -0.15) is 13.2 Å². The van der Waals surface area contributed by atoms with Crippen LogP contribution in [-0.4, -0.2) is 48.3 Å². The minimum absolute atomic E-state index is 0.00939. The zero-order chi connectivity index (χ0) is 17.5. The van der Waals surface area contributed by atoms with Gasteiger partial charge in [-0.05, 0) is 30.0 Å². The van der Waals surface area contributed by atoms with Gasteiger partial charge in [0.1, 0.15) is 0 Å². The zero-order valence-electron chi connectivity index (χ0n) is 13.4. The highest BCUT2D eigenvalue weighted by Gasteiger charge is 2.31. The SMILES string of the molecule is CC(C)c1cccc(NC(=O)CN(CCCO)CC(F)(F)F)c1. The molecule has 1 rings (SSSR count). The maximum absolute atomic E-state index is 12.5. The molecule has 1 aromatic carbocycles. The molecule has 0 aromatic heterocycles. The van der Waals surface area contributed by atoms with Crippen LogP contribution in [0.1, 0.15) is 31.7 Å². The number of aliphatic hydroxyl groups is 1. The summed E-state index contributed by atoms with van der Waals surface area (Å²) >= 11 is 0. The van der Waals surface area contributed by atoms with Crippen molar-refractivity contribution in [1.82, 2.24) is 4.90 Å². The highest BCUT2D eigenvalue weighted by Crippen LogP contribution is 2.19. The molecule has 0 saturated carbocycles. The van der Waals surface area contributed by atoms with Gasteiger partial charge in [-0.25, -0.2) is 0 Å². The van der Waals surface area contributed by atoms with E-state index >= 15 is 0 Å². The van der Waals surface area contributed by atoms with Crippen LogP contribution in [0.25, 0.3) is 0 Å². The standard InChI is InChI=1S/C16H23F3N2O2/c1-12(2)13-5-3-6-14(9-13)20-15(23)10-21(7-4-8-22)11-16(17,18)19/h3,5-6,9,12,22H,4,7-8,10-11H2,1-2H3,(H,20,23). The molecule has 1 aromatic rings. The van der Waals surface area contributed by atoms with Crippen LogP contribution in [0.15, 0.2) is 24.3 Å². The predicted molar refractivity (Wildman–Crippen MR) is 83.4 cm³/mol. The molecular formula is C16H23F3N2O2. The molecule has 0 radical (unpaired) electrons. The fourth-order valence-electron chi connectivity index (χ4n) is 2.14. The quantitative estimate of drug-likeness (QED) is 0.769. The van der Waals surface area contributed by atoms with E-state index in [1.54, 1.807) is 12.1 Å². The van der Waals surface area contributed by atoms with Crippen LogP contribution in [0.3, 0.4) is 0 Å². The number of halogens is 3. The first-order valence-electron chi connectivity index (χ1n) is 7.51. The third-order valence-corrected chi connectivity index (χ3v) is 3.24. The van der Waals surface area contributed by atoms with Gasteiger partial charge in [-0.1, -0.05) is 26.0 Å². The van der Waals surface area contributed by atoms with Crippen LogP contribution in [0.4, 0.5) is 18.9 Å². The molecule has 0 atom stereocenters. The summed E-state index contributed by atoms with van der Waals surface area (Å²) in [6.45, 7) is 2.28. The number of nitrogens with zero attached hydrogens (tertiary/aromatic N) is 1. The van der Waals surface area contributed by atoms with E-state index in [-0.39, 0.29) is 32.0 Å². The first-order chi connectivity index (χ1) is 10.7. The summed E-state index contributed by atoms with van der Waals surface area (Å²) in [5, 5.41) is 11.4. The molecule has 1 amide bonds. The van der Waals surface area contributed by atoms with E-state index in [0.29, 0.717) is 5.69 Å². The van der Waals surface area contributed by atoms with Crippen LogP contribution < -0.4 is 5.32 Å². The van der Waals surface area contributed by atoms with E-state index in [1.807, 2.05) is 26.0 Å². The van der Waals surface area contributed by atoms with Gasteiger partial charge < -0.3 is 10.4 Å². The number of anilines is 1. The number of rotatable bonds is 8. The second-order valence-electron chi connectivity index (χ2n) is 5.73. The van der Waals surface area contributed by atoms with Crippen molar-refractivity contribution in [1.29, 1.82) is 0 Å². The Morgan fingerprint density at radius 3 is 2.61 bits per heavy atom. The predicted octanol–water partition coefficient (Wildman–Crippen LogP) is 3.00. The Kier molecular flexibility index (Phi) is 7.51. The first-order valence-corrected chi connectivity index (χ1v) is 7.51. The number of hydrogen-bond acceptors (Lipinski definition) is 3. The number of carbonyl (C=O) groups excluding carboxylic acids is 1. The minimum atomic E-state index is -4.38. The van der Waals surface area contributed by atoms with Crippen molar-refractivity contribution < 1.29 is 23.1 Å². The number of nitrogens with one attached hydrogen (secondary N) is 1. The largest absolute Gasteiger partial charge is 0.401 e. The second-order valence-corrected chi connectivity index (χ2v) is 5.73. The Hall–Kier alpha value is -1.60. The maximum Gasteiger partial charge on any atom is 0.401 e. The molecule has 0 spiro atoms. The Balaban J connectivity index is 2.65. The molecule has 23 heavy (non-hydrogen) atoms. The Morgan fingerprint density at radius 1 is 1.35 bits per heavy atom. The van der Waals surface area contributed by atoms with E-state index < -0.39 is 18.6 Å². The van der Waals surface area contributed by atoms with Crippen LogP contribution in [0.5, 0.6) is 0 Å². The molecular weight excluding hydrogens is 309 g/mol. The second kappa shape index (κ2) is 8.88. The molecule has 0 heterocycles. The number of alkyl halides is 3. The highest BCUT2D eigenvalue weighted by atomic mass is 19.4. The summed E-state index contributed by atoms with van der Waals surface area (Å²) in [4.78, 5) is 13.0. The van der Waals surface area contributed by atoms with Gasteiger partial charge in [-0.3, -0.25) is 9.69 Å². The minimum Gasteiger partial charge on any atom is -0.396 e. The summed E-state index contributed by atoms with van der Waals surface area (Å²) < 4.78 is 37.5. The van der Waals surface area contributed by atoms with Crippen molar-refractivity contribution in [3.63, 3.8) is 0 Å². The van der Waals surface area contributed by atoms with Gasteiger partial charge >= 0.3 is 6.18 Å². The van der Waals surface area contributed by atoms with Crippen molar-refractivity contribution in [2.75, 3.05) is 31.6 Å². The van der Waals surface area contributed by atoms with E-state index in [4.69, 9.17) is 5.11 Å². The van der Waals surface area contributed by atoms with Gasteiger partial charge in [-0.15, -0.1) is 0 Å². The maximum atomic E-state index is 12.5. The molecule has 0 aliphatic carbocycles. The fourth-order valence-corrected chi connectivity index (χ4v) is 2.14. The van der Waals surface area contributed by atoms with E-state index in [1.165, 1.54) is 0 Å². The molecule has 0 bridgehead atoms. The van der Waals surface area contributed by atoms with E-state index in [2.05, 4.69) is 5.32 Å². The lowest BCUT2D eigenvalue weighted by molar-refractivity contribution is -0.148. The number of carbonyl (C=O) groups is 1. The Morgan fingerprint density at radius 2 is 2.04 bits per heavy atom. The summed E-state index contributed by atoms with van der Waals surface area (Å²) in [7, 11) is 0. The Labute approximate surface area is 134 Å². The first kappa shape index (κ1) is 19.4. The number of amides is 1. The number of aliphatic hydroxyl groups excluding tert-OH is 1. The number of benzene rings is 1. The summed E-state index contributed by atoms with van der Waals surface area (Å²) in [5.41, 5.74) is 1.60. The normalized spacial score (nSPS) is 12.0. The summed E-state index contributed by atoms with van der Waals surface area (Å²) in [6.07, 6.45) is -4.19. The van der Waals surface area contributed by atoms with Crippen LogP contribution in [-0.2, 0) is 4.79 Å². The Bertz CT molecular complexity index is 504.